The molecule has 0 unspecified atom stereocenters. The van der Waals surface area contributed by atoms with Gasteiger partial charge in [0.25, 0.3) is 16.1 Å². The molecule has 1 saturated heterocycles. The molecule has 3 rings (SSSR count). The lowest BCUT2D eigenvalue weighted by Crippen LogP contribution is -2.53. The number of piperazine rings is 1. The van der Waals surface area contributed by atoms with Crippen molar-refractivity contribution in [1.82, 2.24) is 29.2 Å². The van der Waals surface area contributed by atoms with E-state index in [-0.39, 0.29) is 40.5 Å². The molecule has 15 heteroatoms. The van der Waals surface area contributed by atoms with Crippen molar-refractivity contribution in [2.24, 2.45) is 10.7 Å². The van der Waals surface area contributed by atoms with Crippen LogP contribution in [0.4, 0.5) is 11.6 Å². The number of nitrogens with zero attached hydrogens (tertiary/aromatic N) is 5. The summed E-state index contributed by atoms with van der Waals surface area (Å²) in [6.07, 6.45) is 2.49. The van der Waals surface area contributed by atoms with Crippen LogP contribution in [0.3, 0.4) is 0 Å². The van der Waals surface area contributed by atoms with Crippen LogP contribution in [0.2, 0.25) is 5.15 Å². The van der Waals surface area contributed by atoms with E-state index in [4.69, 9.17) is 28.8 Å². The van der Waals surface area contributed by atoms with E-state index < -0.39 is 16.1 Å². The summed E-state index contributed by atoms with van der Waals surface area (Å²) in [5.74, 6) is -1.05. The normalized spacial score (nSPS) is 23.8. The van der Waals surface area contributed by atoms with Gasteiger partial charge in [-0.15, -0.1) is 0 Å². The lowest BCUT2D eigenvalue weighted by atomic mass is 9.92. The molecule has 2 heterocycles. The summed E-state index contributed by atoms with van der Waals surface area (Å²) in [4.78, 5) is 26.3. The van der Waals surface area contributed by atoms with Gasteiger partial charge in [0, 0.05) is 32.2 Å². The van der Waals surface area contributed by atoms with Crippen LogP contribution in [0.25, 0.3) is 0 Å². The molecule has 1 aromatic rings. The summed E-state index contributed by atoms with van der Waals surface area (Å²) in [5.41, 5.74) is 16.8. The lowest BCUT2D eigenvalue weighted by Gasteiger charge is -2.34. The molecule has 1 aromatic heterocycles. The highest BCUT2D eigenvalue weighted by molar-refractivity contribution is 7.87. The van der Waals surface area contributed by atoms with Crippen molar-refractivity contribution in [1.29, 1.82) is 0 Å². The van der Waals surface area contributed by atoms with Gasteiger partial charge >= 0.3 is 0 Å². The van der Waals surface area contributed by atoms with Gasteiger partial charge < -0.3 is 22.1 Å². The zero-order valence-electron chi connectivity index (χ0n) is 17.8. The number of rotatable bonds is 5. The fourth-order valence-electron chi connectivity index (χ4n) is 3.65. The van der Waals surface area contributed by atoms with Crippen molar-refractivity contribution in [3.8, 4) is 0 Å². The van der Waals surface area contributed by atoms with E-state index in [0.29, 0.717) is 51.9 Å². The minimum Gasteiger partial charge on any atom is -0.382 e. The maximum absolute atomic E-state index is 12.6. The van der Waals surface area contributed by atoms with E-state index in [2.05, 4.69) is 29.9 Å². The smallest absolute Gasteiger partial charge is 0.280 e. The van der Waals surface area contributed by atoms with Crippen molar-refractivity contribution in [2.45, 2.75) is 37.8 Å². The highest BCUT2D eigenvalue weighted by atomic mass is 35.5. The number of nitrogen functional groups attached to an aromatic ring is 2. The number of amides is 1. The zero-order chi connectivity index (χ0) is 23.5. The van der Waals surface area contributed by atoms with Gasteiger partial charge in [0.2, 0.25) is 0 Å². The Morgan fingerprint density at radius 2 is 1.72 bits per heavy atom. The van der Waals surface area contributed by atoms with E-state index in [9.17, 15) is 13.2 Å². The van der Waals surface area contributed by atoms with E-state index in [1.165, 1.54) is 4.31 Å². The molecule has 0 spiro atoms. The van der Waals surface area contributed by atoms with Gasteiger partial charge in [0.15, 0.2) is 28.4 Å². The molecule has 32 heavy (non-hydrogen) atoms. The van der Waals surface area contributed by atoms with E-state index in [1.54, 1.807) is 0 Å². The third kappa shape index (κ3) is 6.16. The van der Waals surface area contributed by atoms with E-state index >= 15 is 0 Å². The standard InChI is InChI=1S/C17H29ClN10O3S/c1-27-6-8-28(9-7-27)32(30,31)26-11-4-2-10(3-5-11)22-17(21)25-16(29)12-14(19)24-15(20)13(18)23-12/h10-11,26H,2-9H2,1H3,(H4,19,20,24)(H3,21,22,25,29). The molecule has 1 aliphatic carbocycles. The van der Waals surface area contributed by atoms with E-state index in [1.807, 2.05) is 7.05 Å². The van der Waals surface area contributed by atoms with Crippen LogP contribution < -0.4 is 27.2 Å². The predicted octanol–water partition coefficient (Wildman–Crippen LogP) is -1.27. The summed E-state index contributed by atoms with van der Waals surface area (Å²) in [7, 11) is -1.54. The summed E-state index contributed by atoms with van der Waals surface area (Å²) in [5, 5.41) is 2.27. The molecule has 13 nitrogen and oxygen atoms in total. The topological polar surface area (TPSA) is 198 Å². The Kier molecular flexibility index (Phi) is 7.71. The second-order valence-electron chi connectivity index (χ2n) is 7.93. The SMILES string of the molecule is CN1CCN(S(=O)(=O)NC2CCC(N=C(N)NC(=O)c3nc(Cl)c(N)nc3N)CC2)CC1. The number of carbonyl (C=O) groups is 1. The molecule has 2 fully saturated rings. The van der Waals surface area contributed by atoms with Gasteiger partial charge in [-0.1, -0.05) is 11.6 Å². The first-order valence-electron chi connectivity index (χ1n) is 10.2. The van der Waals surface area contributed by atoms with Crippen molar-refractivity contribution in [3.05, 3.63) is 10.8 Å². The number of guanidine groups is 1. The fraction of sp³-hybridized carbons (Fsp3) is 0.647. The van der Waals surface area contributed by atoms with Crippen LogP contribution in [0.15, 0.2) is 4.99 Å². The van der Waals surface area contributed by atoms with Crippen LogP contribution in [0, 0.1) is 0 Å². The number of nitrogens with one attached hydrogen (secondary N) is 2. The fourth-order valence-corrected chi connectivity index (χ4v) is 5.23. The van der Waals surface area contributed by atoms with Gasteiger partial charge in [-0.25, -0.2) is 15.0 Å². The van der Waals surface area contributed by atoms with Crippen molar-refractivity contribution in [2.75, 3.05) is 44.7 Å². The van der Waals surface area contributed by atoms with Gasteiger partial charge in [0.1, 0.15) is 0 Å². The molecule has 1 aliphatic heterocycles. The van der Waals surface area contributed by atoms with Crippen LogP contribution in [-0.2, 0) is 10.2 Å². The quantitative estimate of drug-likeness (QED) is 0.247. The summed E-state index contributed by atoms with van der Waals surface area (Å²) < 4.78 is 29.5. The molecule has 0 bridgehead atoms. The van der Waals surface area contributed by atoms with E-state index in [0.717, 1.165) is 0 Å². The average molecular weight is 489 g/mol. The number of carbonyl (C=O) groups excluding carboxylic acids is 1. The molecule has 0 aromatic carbocycles. The first-order chi connectivity index (χ1) is 15.0. The maximum Gasteiger partial charge on any atom is 0.280 e. The largest absolute Gasteiger partial charge is 0.382 e. The van der Waals surface area contributed by atoms with Gasteiger partial charge in [-0.2, -0.15) is 17.4 Å². The molecule has 1 amide bonds. The van der Waals surface area contributed by atoms with Gasteiger partial charge in [0.05, 0.1) is 6.04 Å². The predicted molar refractivity (Wildman–Crippen MR) is 122 cm³/mol. The molecular weight excluding hydrogens is 460 g/mol. The van der Waals surface area contributed by atoms with Crippen LogP contribution in [0.5, 0.6) is 0 Å². The maximum atomic E-state index is 12.6. The number of hydrogen-bond acceptors (Lipinski definition) is 9. The van der Waals surface area contributed by atoms with Crippen molar-refractivity contribution < 1.29 is 13.2 Å². The second-order valence-corrected chi connectivity index (χ2v) is 9.99. The minimum atomic E-state index is -3.51. The summed E-state index contributed by atoms with van der Waals surface area (Å²) in [6, 6.07) is -0.299. The molecular formula is C17H29ClN10O3S. The molecule has 1 saturated carbocycles. The van der Waals surface area contributed by atoms with Crippen molar-refractivity contribution >= 4 is 45.3 Å². The highest BCUT2D eigenvalue weighted by Gasteiger charge is 2.30. The Balaban J connectivity index is 1.50. The molecule has 0 atom stereocenters. The third-order valence-corrected chi connectivity index (χ3v) is 7.45. The van der Waals surface area contributed by atoms with Crippen LogP contribution in [0.1, 0.15) is 36.2 Å². The van der Waals surface area contributed by atoms with Crippen molar-refractivity contribution in [3.63, 3.8) is 0 Å². The molecule has 8 N–H and O–H groups in total. The van der Waals surface area contributed by atoms with Crippen LogP contribution in [-0.4, -0.2) is 84.8 Å². The number of aliphatic imine (C=N–C) groups is 1. The number of hydrogen-bond donors (Lipinski definition) is 5. The van der Waals surface area contributed by atoms with Gasteiger partial charge in [-0.3, -0.25) is 10.1 Å². The number of anilines is 2. The monoisotopic (exact) mass is 488 g/mol. The third-order valence-electron chi connectivity index (χ3n) is 5.50. The first-order valence-corrected chi connectivity index (χ1v) is 12.1. The number of likely N-dealkylation sites (N-methyl/N-ethyl adjacent to an activating group) is 1. The molecule has 0 radical (unpaired) electrons. The Bertz CT molecular complexity index is 973. The zero-order valence-corrected chi connectivity index (χ0v) is 19.4. The number of halogens is 1. The number of aromatic nitrogens is 2. The van der Waals surface area contributed by atoms with Crippen LogP contribution >= 0.6 is 11.6 Å². The Hall–Kier alpha value is -2.26. The molecule has 178 valence electrons. The average Bonchev–Trinajstić information content (AvgIpc) is 2.72. The Labute approximate surface area is 191 Å². The summed E-state index contributed by atoms with van der Waals surface area (Å²) >= 11 is 5.79. The molecule has 2 aliphatic rings. The summed E-state index contributed by atoms with van der Waals surface area (Å²) in [6.45, 7) is 2.39. The van der Waals surface area contributed by atoms with Gasteiger partial charge in [-0.05, 0) is 32.7 Å². The Morgan fingerprint density at radius 1 is 1.09 bits per heavy atom. The second kappa shape index (κ2) is 10.1. The number of nitrogens with two attached hydrogens (primary N) is 3. The first kappa shape index (κ1) is 24.4. The minimum absolute atomic E-state index is 0.0811. The highest BCUT2D eigenvalue weighted by Crippen LogP contribution is 2.22. The Morgan fingerprint density at radius 3 is 2.34 bits per heavy atom. The lowest BCUT2D eigenvalue weighted by molar-refractivity contribution is 0.0972.